The van der Waals surface area contributed by atoms with Gasteiger partial charge >= 0.3 is 0 Å². The normalized spacial score (nSPS) is 20.3. The second kappa shape index (κ2) is 3.08. The average molecular weight is 169 g/mol. The lowest BCUT2D eigenvalue weighted by Crippen LogP contribution is -2.41. The van der Waals surface area contributed by atoms with Gasteiger partial charge in [-0.05, 0) is 25.7 Å². The highest BCUT2D eigenvalue weighted by molar-refractivity contribution is 5.81. The predicted octanol–water partition coefficient (Wildman–Crippen LogP) is 1.95. The van der Waals surface area contributed by atoms with Crippen LogP contribution in [0.1, 0.15) is 40.5 Å². The SMILES string of the molecule is C[C@@H](NC(=O)C(C)(C)C)C1CC1. The Morgan fingerprint density at radius 1 is 1.42 bits per heavy atom. The third-order valence-corrected chi connectivity index (χ3v) is 2.37. The molecule has 70 valence electrons. The Labute approximate surface area is 74.7 Å². The summed E-state index contributed by atoms with van der Waals surface area (Å²) < 4.78 is 0. The molecule has 0 radical (unpaired) electrons. The maximum atomic E-state index is 11.5. The number of carbonyl (C=O) groups excluding carboxylic acids is 1. The number of hydrogen-bond acceptors (Lipinski definition) is 1. The van der Waals surface area contributed by atoms with Gasteiger partial charge in [0.2, 0.25) is 5.91 Å². The van der Waals surface area contributed by atoms with Crippen molar-refractivity contribution in [1.82, 2.24) is 5.32 Å². The Kier molecular flexibility index (Phi) is 2.45. The highest BCUT2D eigenvalue weighted by Crippen LogP contribution is 2.32. The van der Waals surface area contributed by atoms with E-state index in [9.17, 15) is 4.79 Å². The van der Waals surface area contributed by atoms with Crippen molar-refractivity contribution in [3.63, 3.8) is 0 Å². The van der Waals surface area contributed by atoms with E-state index in [0.29, 0.717) is 6.04 Å². The smallest absolute Gasteiger partial charge is 0.225 e. The number of carbonyl (C=O) groups is 1. The summed E-state index contributed by atoms with van der Waals surface area (Å²) in [6.45, 7) is 7.94. The van der Waals surface area contributed by atoms with Gasteiger partial charge in [0, 0.05) is 11.5 Å². The molecule has 0 unspecified atom stereocenters. The van der Waals surface area contributed by atoms with Crippen molar-refractivity contribution in [2.45, 2.75) is 46.6 Å². The zero-order valence-corrected chi connectivity index (χ0v) is 8.48. The van der Waals surface area contributed by atoms with Crippen molar-refractivity contribution in [3.8, 4) is 0 Å². The Morgan fingerprint density at radius 3 is 2.25 bits per heavy atom. The zero-order chi connectivity index (χ0) is 9.35. The monoisotopic (exact) mass is 169 g/mol. The molecule has 1 aliphatic carbocycles. The standard InChI is InChI=1S/C10H19NO/c1-7(8-5-6-8)11-9(12)10(2,3)4/h7-8H,5-6H2,1-4H3,(H,11,12)/t7-/m1/s1. The van der Waals surface area contributed by atoms with E-state index in [-0.39, 0.29) is 11.3 Å². The van der Waals surface area contributed by atoms with Crippen molar-refractivity contribution in [2.75, 3.05) is 0 Å². The molecular formula is C10H19NO. The Hall–Kier alpha value is -0.530. The predicted molar refractivity (Wildman–Crippen MR) is 49.8 cm³/mol. The van der Waals surface area contributed by atoms with Crippen LogP contribution in [-0.2, 0) is 4.79 Å². The van der Waals surface area contributed by atoms with Crippen molar-refractivity contribution >= 4 is 5.91 Å². The summed E-state index contributed by atoms with van der Waals surface area (Å²) in [7, 11) is 0. The van der Waals surface area contributed by atoms with Gasteiger partial charge in [-0.15, -0.1) is 0 Å². The molecule has 2 heteroatoms. The first-order valence-corrected chi connectivity index (χ1v) is 4.72. The molecule has 1 atom stereocenters. The fraction of sp³-hybridized carbons (Fsp3) is 0.900. The zero-order valence-electron chi connectivity index (χ0n) is 8.48. The third kappa shape index (κ3) is 2.50. The van der Waals surface area contributed by atoms with Gasteiger partial charge in [-0.25, -0.2) is 0 Å². The van der Waals surface area contributed by atoms with E-state index >= 15 is 0 Å². The van der Waals surface area contributed by atoms with E-state index in [4.69, 9.17) is 0 Å². The molecule has 1 rings (SSSR count). The van der Waals surface area contributed by atoms with Crippen LogP contribution in [0.5, 0.6) is 0 Å². The summed E-state index contributed by atoms with van der Waals surface area (Å²) in [5, 5.41) is 3.04. The van der Waals surface area contributed by atoms with Crippen molar-refractivity contribution in [3.05, 3.63) is 0 Å². The van der Waals surface area contributed by atoms with Crippen LogP contribution in [0, 0.1) is 11.3 Å². The van der Waals surface area contributed by atoms with Crippen molar-refractivity contribution in [2.24, 2.45) is 11.3 Å². The third-order valence-electron chi connectivity index (χ3n) is 2.37. The topological polar surface area (TPSA) is 29.1 Å². The first-order chi connectivity index (χ1) is 5.41. The van der Waals surface area contributed by atoms with E-state index < -0.39 is 0 Å². The number of amides is 1. The highest BCUT2D eigenvalue weighted by Gasteiger charge is 2.31. The van der Waals surface area contributed by atoms with Gasteiger partial charge in [0.1, 0.15) is 0 Å². The first-order valence-electron chi connectivity index (χ1n) is 4.72. The summed E-state index contributed by atoms with van der Waals surface area (Å²) in [5.74, 6) is 0.915. The molecule has 2 nitrogen and oxygen atoms in total. The highest BCUT2D eigenvalue weighted by atomic mass is 16.2. The van der Waals surface area contributed by atoms with Crippen LogP contribution in [0.25, 0.3) is 0 Å². The molecule has 1 saturated carbocycles. The van der Waals surface area contributed by atoms with Gasteiger partial charge in [0.25, 0.3) is 0 Å². The Bertz CT molecular complexity index is 177. The molecule has 1 N–H and O–H groups in total. The lowest BCUT2D eigenvalue weighted by Gasteiger charge is -2.21. The summed E-state index contributed by atoms with van der Waals surface area (Å²) in [5.41, 5.74) is -0.247. The minimum absolute atomic E-state index is 0.168. The van der Waals surface area contributed by atoms with Crippen molar-refractivity contribution < 1.29 is 4.79 Å². The maximum Gasteiger partial charge on any atom is 0.225 e. The fourth-order valence-corrected chi connectivity index (χ4v) is 1.14. The lowest BCUT2D eigenvalue weighted by molar-refractivity contribution is -0.129. The molecule has 1 amide bonds. The molecular weight excluding hydrogens is 150 g/mol. The summed E-state index contributed by atoms with van der Waals surface area (Å²) in [4.78, 5) is 11.5. The molecule has 0 heterocycles. The molecule has 1 fully saturated rings. The molecule has 0 aromatic heterocycles. The lowest BCUT2D eigenvalue weighted by atomic mass is 9.95. The summed E-state index contributed by atoms with van der Waals surface area (Å²) in [6, 6.07) is 0.372. The molecule has 0 aliphatic heterocycles. The van der Waals surface area contributed by atoms with Gasteiger partial charge in [0.15, 0.2) is 0 Å². The van der Waals surface area contributed by atoms with Crippen LogP contribution in [0.2, 0.25) is 0 Å². The number of rotatable bonds is 2. The van der Waals surface area contributed by atoms with Gasteiger partial charge in [-0.2, -0.15) is 0 Å². The average Bonchev–Trinajstić information content (AvgIpc) is 2.65. The largest absolute Gasteiger partial charge is 0.353 e. The summed E-state index contributed by atoms with van der Waals surface area (Å²) in [6.07, 6.45) is 2.57. The van der Waals surface area contributed by atoms with Gasteiger partial charge in [-0.3, -0.25) is 4.79 Å². The molecule has 0 spiro atoms. The minimum atomic E-state index is -0.247. The molecule has 12 heavy (non-hydrogen) atoms. The van der Waals surface area contributed by atoms with Crippen LogP contribution in [0.15, 0.2) is 0 Å². The van der Waals surface area contributed by atoms with E-state index in [2.05, 4.69) is 12.2 Å². The number of hydrogen-bond donors (Lipinski definition) is 1. The minimum Gasteiger partial charge on any atom is -0.353 e. The quantitative estimate of drug-likeness (QED) is 0.672. The van der Waals surface area contributed by atoms with E-state index in [1.54, 1.807) is 0 Å². The summed E-state index contributed by atoms with van der Waals surface area (Å²) >= 11 is 0. The Balaban J connectivity index is 2.34. The molecule has 0 aromatic carbocycles. The van der Waals surface area contributed by atoms with E-state index in [1.165, 1.54) is 12.8 Å². The number of nitrogens with one attached hydrogen (secondary N) is 1. The van der Waals surface area contributed by atoms with E-state index in [1.807, 2.05) is 20.8 Å². The van der Waals surface area contributed by atoms with Crippen molar-refractivity contribution in [1.29, 1.82) is 0 Å². The Morgan fingerprint density at radius 2 is 1.92 bits per heavy atom. The molecule has 1 aliphatic rings. The maximum absolute atomic E-state index is 11.5. The van der Waals surface area contributed by atoms with E-state index in [0.717, 1.165) is 5.92 Å². The second-order valence-electron chi connectivity index (χ2n) is 4.85. The first kappa shape index (κ1) is 9.56. The fourth-order valence-electron chi connectivity index (χ4n) is 1.14. The molecule has 0 bridgehead atoms. The van der Waals surface area contributed by atoms with Crippen LogP contribution in [0.3, 0.4) is 0 Å². The van der Waals surface area contributed by atoms with Crippen LogP contribution < -0.4 is 5.32 Å². The van der Waals surface area contributed by atoms with Gasteiger partial charge in [0.05, 0.1) is 0 Å². The van der Waals surface area contributed by atoms with Gasteiger partial charge < -0.3 is 5.32 Å². The van der Waals surface area contributed by atoms with Crippen LogP contribution >= 0.6 is 0 Å². The molecule has 0 aromatic rings. The van der Waals surface area contributed by atoms with Gasteiger partial charge in [-0.1, -0.05) is 20.8 Å². The second-order valence-corrected chi connectivity index (χ2v) is 4.85. The molecule has 0 saturated heterocycles. The van der Waals surface area contributed by atoms with Crippen LogP contribution in [-0.4, -0.2) is 11.9 Å². The van der Waals surface area contributed by atoms with Crippen LogP contribution in [0.4, 0.5) is 0 Å².